The van der Waals surface area contributed by atoms with Crippen molar-refractivity contribution in [2.45, 2.75) is 78.5 Å². The molecule has 8 nitrogen and oxygen atoms in total. The fourth-order valence-corrected chi connectivity index (χ4v) is 6.46. The summed E-state index contributed by atoms with van der Waals surface area (Å²) in [5.41, 5.74) is 7.21. The topological polar surface area (TPSA) is 83.0 Å². The zero-order valence-electron chi connectivity index (χ0n) is 24.9. The number of aromatic amines is 1. The zero-order valence-corrected chi connectivity index (χ0v) is 24.9. The van der Waals surface area contributed by atoms with E-state index in [9.17, 15) is 4.79 Å². The molecule has 0 amide bonds. The van der Waals surface area contributed by atoms with Crippen molar-refractivity contribution in [2.75, 3.05) is 51.5 Å². The Kier molecular flexibility index (Phi) is 9.31. The van der Waals surface area contributed by atoms with Gasteiger partial charge in [-0.15, -0.1) is 0 Å². The Morgan fingerprint density at radius 1 is 1.07 bits per heavy atom. The Morgan fingerprint density at radius 3 is 2.52 bits per heavy atom. The average Bonchev–Trinajstić information content (AvgIpc) is 3.36. The summed E-state index contributed by atoms with van der Waals surface area (Å²) in [6.45, 7) is 14.4. The molecule has 2 fully saturated rings. The minimum atomic E-state index is -0.0390. The molecule has 0 aliphatic carbocycles. The van der Waals surface area contributed by atoms with Crippen LogP contribution in [0.25, 0.3) is 11.0 Å². The number of ether oxygens (including phenoxy) is 2. The smallest absolute Gasteiger partial charge is 0.252 e. The summed E-state index contributed by atoms with van der Waals surface area (Å²) >= 11 is 0. The van der Waals surface area contributed by atoms with Gasteiger partial charge in [-0.1, -0.05) is 0 Å². The van der Waals surface area contributed by atoms with E-state index < -0.39 is 0 Å². The number of hydrogen-bond donors (Lipinski definition) is 2. The Labute approximate surface area is 238 Å². The molecule has 5 rings (SSSR count). The van der Waals surface area contributed by atoms with Crippen LogP contribution in [0.15, 0.2) is 27.4 Å². The normalized spacial score (nSPS) is 17.6. The highest BCUT2D eigenvalue weighted by atomic mass is 16.5. The molecule has 3 aromatic rings. The van der Waals surface area contributed by atoms with Crippen molar-refractivity contribution >= 4 is 16.7 Å². The molecule has 218 valence electrons. The summed E-state index contributed by atoms with van der Waals surface area (Å²) in [4.78, 5) is 20.2. The van der Waals surface area contributed by atoms with Crippen LogP contribution in [0.5, 0.6) is 0 Å². The molecule has 40 heavy (non-hydrogen) atoms. The number of hydrogen-bond acceptors (Lipinski definition) is 7. The fourth-order valence-electron chi connectivity index (χ4n) is 6.46. The third-order valence-corrected chi connectivity index (χ3v) is 8.86. The quantitative estimate of drug-likeness (QED) is 0.268. The summed E-state index contributed by atoms with van der Waals surface area (Å²) in [7, 11) is 2.19. The highest BCUT2D eigenvalue weighted by molar-refractivity contribution is 5.88. The predicted molar refractivity (Wildman–Crippen MR) is 160 cm³/mol. The predicted octanol–water partition coefficient (Wildman–Crippen LogP) is 5.12. The Bertz CT molecular complexity index is 1350. The first kappa shape index (κ1) is 28.9. The van der Waals surface area contributed by atoms with Crippen molar-refractivity contribution in [1.82, 2.24) is 15.2 Å². The van der Waals surface area contributed by atoms with E-state index in [4.69, 9.17) is 13.9 Å². The molecule has 1 aromatic carbocycles. The number of fused-ring (bicyclic) bond motifs is 1. The van der Waals surface area contributed by atoms with E-state index in [2.05, 4.69) is 53.1 Å². The second kappa shape index (κ2) is 12.9. The largest absolute Gasteiger partial charge is 0.461 e. The number of piperidine rings is 1. The van der Waals surface area contributed by atoms with Gasteiger partial charge in [0.1, 0.15) is 11.3 Å². The summed E-state index contributed by atoms with van der Waals surface area (Å²) in [5.74, 6) is 1.55. The van der Waals surface area contributed by atoms with E-state index >= 15 is 0 Å². The lowest BCUT2D eigenvalue weighted by Gasteiger charge is -2.36. The van der Waals surface area contributed by atoms with Gasteiger partial charge in [-0.05, 0) is 102 Å². The maximum absolute atomic E-state index is 12.4. The number of nitrogens with zero attached hydrogens (tertiary/aromatic N) is 2. The minimum Gasteiger partial charge on any atom is -0.461 e. The molecule has 8 heteroatoms. The van der Waals surface area contributed by atoms with Crippen LogP contribution in [-0.4, -0.2) is 62.6 Å². The maximum atomic E-state index is 12.4. The molecule has 2 aliphatic heterocycles. The van der Waals surface area contributed by atoms with Gasteiger partial charge >= 0.3 is 0 Å². The molecule has 2 aliphatic rings. The number of H-pyrrole nitrogens is 1. The molecule has 4 heterocycles. The number of anilines is 1. The van der Waals surface area contributed by atoms with Gasteiger partial charge in [0.15, 0.2) is 0 Å². The van der Waals surface area contributed by atoms with E-state index in [1.54, 1.807) is 0 Å². The molecular weight excluding hydrogens is 504 g/mol. The molecule has 2 saturated heterocycles. The molecule has 0 radical (unpaired) electrons. The molecule has 0 unspecified atom stereocenters. The third kappa shape index (κ3) is 6.30. The summed E-state index contributed by atoms with van der Waals surface area (Å²) in [5, 5.41) is 4.46. The number of aryl methyl sites for hydroxylation is 2. The molecule has 0 spiro atoms. The number of furan rings is 1. The molecular formula is C32H46N4O4. The van der Waals surface area contributed by atoms with Crippen LogP contribution in [0.3, 0.4) is 0 Å². The Morgan fingerprint density at radius 2 is 1.82 bits per heavy atom. The summed E-state index contributed by atoms with van der Waals surface area (Å²) in [6, 6.07) is 7.00. The third-order valence-electron chi connectivity index (χ3n) is 8.86. The molecule has 0 atom stereocenters. The van der Waals surface area contributed by atoms with Gasteiger partial charge in [-0.3, -0.25) is 10.1 Å². The van der Waals surface area contributed by atoms with Crippen LogP contribution in [0.1, 0.15) is 72.2 Å². The van der Waals surface area contributed by atoms with Gasteiger partial charge in [0.25, 0.3) is 5.56 Å². The van der Waals surface area contributed by atoms with E-state index in [1.807, 2.05) is 19.9 Å². The summed E-state index contributed by atoms with van der Waals surface area (Å²) < 4.78 is 18.5. The Balaban J connectivity index is 1.38. The van der Waals surface area contributed by atoms with Gasteiger partial charge in [0.2, 0.25) is 0 Å². The number of rotatable bonds is 10. The maximum Gasteiger partial charge on any atom is 0.252 e. The van der Waals surface area contributed by atoms with Crippen LogP contribution >= 0.6 is 0 Å². The minimum absolute atomic E-state index is 0.0390. The lowest BCUT2D eigenvalue weighted by molar-refractivity contribution is 0.0845. The highest BCUT2D eigenvalue weighted by Crippen LogP contribution is 2.39. The first-order valence-corrected chi connectivity index (χ1v) is 14.9. The van der Waals surface area contributed by atoms with E-state index in [1.165, 1.54) is 16.8 Å². The fraction of sp³-hybridized carbons (Fsp3) is 0.594. The molecule has 0 saturated carbocycles. The molecule has 0 bridgehead atoms. The monoisotopic (exact) mass is 550 g/mol. The van der Waals surface area contributed by atoms with E-state index in [-0.39, 0.29) is 5.56 Å². The summed E-state index contributed by atoms with van der Waals surface area (Å²) in [6.07, 6.45) is 4.33. The van der Waals surface area contributed by atoms with Gasteiger partial charge in [0, 0.05) is 66.7 Å². The van der Waals surface area contributed by atoms with Crippen LogP contribution in [0, 0.1) is 20.8 Å². The van der Waals surface area contributed by atoms with Crippen molar-refractivity contribution in [3.05, 3.63) is 62.3 Å². The number of aromatic nitrogens is 1. The first-order valence-electron chi connectivity index (χ1n) is 14.9. The first-order chi connectivity index (χ1) is 19.4. The van der Waals surface area contributed by atoms with Crippen LogP contribution in [0.2, 0.25) is 0 Å². The lowest BCUT2D eigenvalue weighted by atomic mass is 9.93. The number of pyridine rings is 1. The van der Waals surface area contributed by atoms with Gasteiger partial charge in [-0.2, -0.15) is 0 Å². The van der Waals surface area contributed by atoms with Crippen molar-refractivity contribution in [3.8, 4) is 0 Å². The van der Waals surface area contributed by atoms with Gasteiger partial charge < -0.3 is 28.7 Å². The Hall–Kier alpha value is -2.65. The highest BCUT2D eigenvalue weighted by Gasteiger charge is 2.27. The van der Waals surface area contributed by atoms with Crippen molar-refractivity contribution in [2.24, 2.45) is 0 Å². The average molecular weight is 551 g/mol. The second-order valence-electron chi connectivity index (χ2n) is 11.6. The standard InChI is InChI=1S/C32H46N4O4/c1-6-36(25-9-13-38-14-10-25)29-17-31-26(16-30(40-31)24-7-11-35(5)12-8-24)28(23(29)4)19-39-20-33-18-27-21(2)15-22(3)34-32(27)37/h15-17,24-25,33H,6-14,18-20H2,1-5H3,(H,34,37). The van der Waals surface area contributed by atoms with Crippen molar-refractivity contribution in [1.29, 1.82) is 0 Å². The molecule has 2 N–H and O–H groups in total. The van der Waals surface area contributed by atoms with Crippen molar-refractivity contribution < 1.29 is 13.9 Å². The van der Waals surface area contributed by atoms with Crippen LogP contribution in [0.4, 0.5) is 5.69 Å². The number of benzene rings is 1. The SMILES string of the molecule is CCN(c1cc2oc(C3CCN(C)CC3)cc2c(COCNCc2c(C)cc(C)[nH]c2=O)c1C)C1CCOCC1. The lowest BCUT2D eigenvalue weighted by Crippen LogP contribution is -2.40. The van der Waals surface area contributed by atoms with Crippen LogP contribution < -0.4 is 15.8 Å². The van der Waals surface area contributed by atoms with E-state index in [0.717, 1.165) is 92.1 Å². The van der Waals surface area contributed by atoms with Crippen molar-refractivity contribution in [3.63, 3.8) is 0 Å². The van der Waals surface area contributed by atoms with E-state index in [0.29, 0.717) is 31.8 Å². The molecule has 2 aromatic heterocycles. The van der Waals surface area contributed by atoms with Gasteiger partial charge in [0.05, 0.1) is 13.3 Å². The zero-order chi connectivity index (χ0) is 28.2. The number of likely N-dealkylation sites (tertiary alicyclic amines) is 1. The van der Waals surface area contributed by atoms with Crippen LogP contribution in [-0.2, 0) is 22.6 Å². The van der Waals surface area contributed by atoms with Gasteiger partial charge in [-0.25, -0.2) is 0 Å². The second-order valence-corrected chi connectivity index (χ2v) is 11.6. The number of nitrogens with one attached hydrogen (secondary N) is 2.